The summed E-state index contributed by atoms with van der Waals surface area (Å²) >= 11 is 1.63. The normalized spacial score (nSPS) is 19.9. The van der Waals surface area contributed by atoms with E-state index >= 15 is 0 Å². The second-order valence-electron chi connectivity index (χ2n) is 6.14. The van der Waals surface area contributed by atoms with E-state index in [1.54, 1.807) is 11.3 Å². The third kappa shape index (κ3) is 2.72. The number of piperidine rings is 1. The molecule has 0 spiro atoms. The molecule has 1 fully saturated rings. The Hall–Kier alpha value is -1.20. The van der Waals surface area contributed by atoms with Crippen LogP contribution in [-0.2, 0) is 6.54 Å². The van der Waals surface area contributed by atoms with Crippen LogP contribution in [0.5, 0.6) is 0 Å². The highest BCUT2D eigenvalue weighted by atomic mass is 32.1. The molecule has 0 aromatic carbocycles. The van der Waals surface area contributed by atoms with Gasteiger partial charge in [0, 0.05) is 6.54 Å². The molecule has 19 heavy (non-hydrogen) atoms. The Morgan fingerprint density at radius 3 is 3.05 bits per heavy atom. The quantitative estimate of drug-likeness (QED) is 0.916. The monoisotopic (exact) mass is 276 g/mol. The van der Waals surface area contributed by atoms with Crippen LogP contribution >= 0.6 is 11.3 Å². The van der Waals surface area contributed by atoms with Crippen molar-refractivity contribution in [1.82, 2.24) is 14.9 Å². The van der Waals surface area contributed by atoms with E-state index in [-0.39, 0.29) is 0 Å². The summed E-state index contributed by atoms with van der Waals surface area (Å²) in [6.45, 7) is 7.71. The van der Waals surface area contributed by atoms with Gasteiger partial charge in [-0.15, -0.1) is 11.3 Å². The number of nitrogens with two attached hydrogens (primary N) is 1. The first-order valence-corrected chi connectivity index (χ1v) is 7.63. The number of thiophene rings is 1. The topological polar surface area (TPSA) is 55.0 Å². The summed E-state index contributed by atoms with van der Waals surface area (Å²) in [5.41, 5.74) is 6.40. The lowest BCUT2D eigenvalue weighted by Crippen LogP contribution is -2.39. The lowest BCUT2D eigenvalue weighted by atomic mass is 9.84. The predicted octanol–water partition coefficient (Wildman–Crippen LogP) is 2.90. The van der Waals surface area contributed by atoms with Crippen LogP contribution in [0.3, 0.4) is 0 Å². The molecule has 3 heterocycles. The maximum atomic E-state index is 6.00. The Morgan fingerprint density at radius 2 is 2.26 bits per heavy atom. The molecule has 1 aliphatic rings. The van der Waals surface area contributed by atoms with E-state index in [1.807, 2.05) is 11.4 Å². The molecule has 0 aliphatic carbocycles. The highest BCUT2D eigenvalue weighted by Crippen LogP contribution is 2.29. The Kier molecular flexibility index (Phi) is 3.19. The molecule has 0 unspecified atom stereocenters. The van der Waals surface area contributed by atoms with Gasteiger partial charge >= 0.3 is 0 Å². The predicted molar refractivity (Wildman–Crippen MR) is 80.1 cm³/mol. The second-order valence-corrected chi connectivity index (χ2v) is 7.04. The number of hydrogen-bond acceptors (Lipinski definition) is 5. The maximum Gasteiger partial charge on any atom is 0.146 e. The molecule has 2 aromatic heterocycles. The summed E-state index contributed by atoms with van der Waals surface area (Å²) in [6.07, 6.45) is 2.56. The standard InChI is InChI=1S/C14H20N4S/c1-14(2)5-3-6-18(9-14)8-11-16-12(15)10-4-7-19-13(10)17-11/h4,7H,3,5-6,8-9H2,1-2H3,(H2,15,16,17). The summed E-state index contributed by atoms with van der Waals surface area (Å²) in [7, 11) is 0. The number of likely N-dealkylation sites (tertiary alicyclic amines) is 1. The van der Waals surface area contributed by atoms with Gasteiger partial charge in [0.2, 0.25) is 0 Å². The number of nitrogens with zero attached hydrogens (tertiary/aromatic N) is 3. The van der Waals surface area contributed by atoms with E-state index in [0.29, 0.717) is 11.2 Å². The first-order valence-electron chi connectivity index (χ1n) is 6.75. The zero-order valence-electron chi connectivity index (χ0n) is 11.5. The van der Waals surface area contributed by atoms with E-state index in [4.69, 9.17) is 5.73 Å². The molecule has 3 rings (SSSR count). The van der Waals surface area contributed by atoms with Gasteiger partial charge in [-0.25, -0.2) is 9.97 Å². The number of anilines is 1. The Bertz CT molecular complexity index is 590. The van der Waals surface area contributed by atoms with Crippen LogP contribution in [0.1, 0.15) is 32.5 Å². The number of fused-ring (bicyclic) bond motifs is 1. The minimum atomic E-state index is 0.400. The molecule has 4 nitrogen and oxygen atoms in total. The number of nitrogen functional groups attached to an aromatic ring is 1. The Balaban J connectivity index is 1.81. The molecular formula is C14H20N4S. The summed E-state index contributed by atoms with van der Waals surface area (Å²) in [6, 6.07) is 1.99. The molecule has 0 radical (unpaired) electrons. The Labute approximate surface area is 117 Å². The number of rotatable bonds is 2. The second kappa shape index (κ2) is 4.72. The van der Waals surface area contributed by atoms with Crippen molar-refractivity contribution in [2.45, 2.75) is 33.2 Å². The molecule has 1 saturated heterocycles. The van der Waals surface area contributed by atoms with Gasteiger partial charge in [-0.3, -0.25) is 4.90 Å². The molecule has 102 valence electrons. The molecule has 0 bridgehead atoms. The van der Waals surface area contributed by atoms with Crippen LogP contribution in [0.4, 0.5) is 5.82 Å². The van der Waals surface area contributed by atoms with E-state index in [1.165, 1.54) is 12.8 Å². The van der Waals surface area contributed by atoms with E-state index in [0.717, 1.165) is 35.7 Å². The SMILES string of the molecule is CC1(C)CCCN(Cc2nc(N)c3ccsc3n2)C1. The third-order valence-corrected chi connectivity index (χ3v) is 4.55. The van der Waals surface area contributed by atoms with Crippen LogP contribution in [0, 0.1) is 5.41 Å². The number of hydrogen-bond donors (Lipinski definition) is 1. The summed E-state index contributed by atoms with van der Waals surface area (Å²) in [5.74, 6) is 1.46. The highest BCUT2D eigenvalue weighted by molar-refractivity contribution is 7.16. The van der Waals surface area contributed by atoms with Crippen molar-refractivity contribution in [3.8, 4) is 0 Å². The lowest BCUT2D eigenvalue weighted by molar-refractivity contribution is 0.109. The summed E-state index contributed by atoms with van der Waals surface area (Å²) < 4.78 is 0. The lowest BCUT2D eigenvalue weighted by Gasteiger charge is -2.37. The average Bonchev–Trinajstić information content (AvgIpc) is 2.76. The van der Waals surface area contributed by atoms with Gasteiger partial charge < -0.3 is 5.73 Å². The molecule has 5 heteroatoms. The molecule has 0 amide bonds. The summed E-state index contributed by atoms with van der Waals surface area (Å²) in [4.78, 5) is 12.5. The van der Waals surface area contributed by atoms with Crippen molar-refractivity contribution in [1.29, 1.82) is 0 Å². The van der Waals surface area contributed by atoms with Gasteiger partial charge in [-0.1, -0.05) is 13.8 Å². The van der Waals surface area contributed by atoms with E-state index in [9.17, 15) is 0 Å². The Morgan fingerprint density at radius 1 is 1.42 bits per heavy atom. The molecule has 1 aliphatic heterocycles. The smallest absolute Gasteiger partial charge is 0.146 e. The fraction of sp³-hybridized carbons (Fsp3) is 0.571. The van der Waals surface area contributed by atoms with Gasteiger partial charge in [0.25, 0.3) is 0 Å². The zero-order valence-corrected chi connectivity index (χ0v) is 12.3. The van der Waals surface area contributed by atoms with Gasteiger partial charge in [-0.2, -0.15) is 0 Å². The minimum absolute atomic E-state index is 0.400. The van der Waals surface area contributed by atoms with E-state index in [2.05, 4.69) is 28.7 Å². The fourth-order valence-corrected chi connectivity index (χ4v) is 3.67. The van der Waals surface area contributed by atoms with Gasteiger partial charge in [0.15, 0.2) is 0 Å². The van der Waals surface area contributed by atoms with Crippen molar-refractivity contribution >= 4 is 27.4 Å². The van der Waals surface area contributed by atoms with Crippen molar-refractivity contribution < 1.29 is 0 Å². The van der Waals surface area contributed by atoms with E-state index < -0.39 is 0 Å². The molecule has 2 aromatic rings. The molecule has 0 saturated carbocycles. The summed E-state index contributed by atoms with van der Waals surface area (Å²) in [5, 5.41) is 3.00. The van der Waals surface area contributed by atoms with Gasteiger partial charge in [-0.05, 0) is 36.2 Å². The molecule has 0 atom stereocenters. The van der Waals surface area contributed by atoms with Crippen LogP contribution in [0.25, 0.3) is 10.2 Å². The first kappa shape index (κ1) is 12.8. The largest absolute Gasteiger partial charge is 0.383 e. The van der Waals surface area contributed by atoms with Crippen LogP contribution in [-0.4, -0.2) is 28.0 Å². The van der Waals surface area contributed by atoms with Crippen LogP contribution < -0.4 is 5.73 Å². The fourth-order valence-electron chi connectivity index (χ4n) is 2.87. The van der Waals surface area contributed by atoms with Crippen LogP contribution in [0.15, 0.2) is 11.4 Å². The van der Waals surface area contributed by atoms with Crippen molar-refractivity contribution in [2.75, 3.05) is 18.8 Å². The van der Waals surface area contributed by atoms with Gasteiger partial charge in [0.1, 0.15) is 16.5 Å². The minimum Gasteiger partial charge on any atom is -0.383 e. The van der Waals surface area contributed by atoms with Gasteiger partial charge in [0.05, 0.1) is 11.9 Å². The van der Waals surface area contributed by atoms with Crippen LogP contribution in [0.2, 0.25) is 0 Å². The zero-order chi connectivity index (χ0) is 13.5. The third-order valence-electron chi connectivity index (χ3n) is 3.75. The van der Waals surface area contributed by atoms with Crippen molar-refractivity contribution in [2.24, 2.45) is 5.41 Å². The highest BCUT2D eigenvalue weighted by Gasteiger charge is 2.26. The van der Waals surface area contributed by atoms with Crippen molar-refractivity contribution in [3.63, 3.8) is 0 Å². The number of aromatic nitrogens is 2. The molecular weight excluding hydrogens is 256 g/mol. The average molecular weight is 276 g/mol. The molecule has 2 N–H and O–H groups in total. The first-order chi connectivity index (χ1) is 9.03. The maximum absolute atomic E-state index is 6.00. The van der Waals surface area contributed by atoms with Crippen molar-refractivity contribution in [3.05, 3.63) is 17.3 Å².